The molecule has 1 saturated carbocycles. The van der Waals surface area contributed by atoms with Gasteiger partial charge in [-0.05, 0) is 50.5 Å². The molecular formula is C24H26F3N7O3. The number of rotatable bonds is 2. The number of carbonyl (C=O) groups excluding carboxylic acids is 1. The minimum atomic E-state index is -5.08. The second-order valence-corrected chi connectivity index (χ2v) is 9.47. The van der Waals surface area contributed by atoms with E-state index in [2.05, 4.69) is 31.7 Å². The van der Waals surface area contributed by atoms with Gasteiger partial charge in [0.05, 0.1) is 11.2 Å². The fourth-order valence-electron chi connectivity index (χ4n) is 4.81. The van der Waals surface area contributed by atoms with Gasteiger partial charge in [-0.3, -0.25) is 4.90 Å². The zero-order valence-corrected chi connectivity index (χ0v) is 20.0. The maximum atomic E-state index is 13.0. The number of carboxylic acids is 1. The molecule has 37 heavy (non-hydrogen) atoms. The molecule has 5 heterocycles. The number of halogens is 3. The van der Waals surface area contributed by atoms with Crippen molar-refractivity contribution in [2.45, 2.75) is 37.9 Å². The van der Waals surface area contributed by atoms with Gasteiger partial charge in [0.2, 0.25) is 0 Å². The fourth-order valence-corrected chi connectivity index (χ4v) is 4.81. The Hall–Kier alpha value is -3.87. The Kier molecular flexibility index (Phi) is 6.18. The number of nitrogens with zero attached hydrogens (tertiary/aromatic N) is 5. The minimum absolute atomic E-state index is 0.141. The molecule has 3 N–H and O–H groups in total. The number of hydrogen-bond donors (Lipinski definition) is 3. The summed E-state index contributed by atoms with van der Waals surface area (Å²) in [6.45, 7) is 5.66. The first kappa shape index (κ1) is 24.8. The molecule has 0 unspecified atom stereocenters. The number of anilines is 3. The lowest BCUT2D eigenvalue weighted by atomic mass is 10.1. The molecule has 13 heteroatoms. The average Bonchev–Trinajstić information content (AvgIpc) is 3.26. The van der Waals surface area contributed by atoms with Gasteiger partial charge in [0.1, 0.15) is 5.82 Å². The standard InChI is InChI=1S/C22H25N7O.C2HF3O2/c1-15-12-17-13-16(3-10-29(17)26-15)25-21(30)28-9-4-18-19(2-7-23-20(18)28)27-11-8-24-22(14-27)5-6-22;3-2(4,5)1(6)7/h2-3,7,10,12-13,24H,4-6,8-9,11,14H2,1H3,(H,25,30);(H,6,7). The molecule has 2 aliphatic heterocycles. The molecule has 3 aromatic heterocycles. The van der Waals surface area contributed by atoms with E-state index in [1.54, 1.807) is 4.90 Å². The van der Waals surface area contributed by atoms with Crippen molar-refractivity contribution >= 4 is 34.7 Å². The molecule has 3 aliphatic rings. The molecule has 2 fully saturated rings. The summed E-state index contributed by atoms with van der Waals surface area (Å²) in [5.41, 5.74) is 5.40. The van der Waals surface area contributed by atoms with Gasteiger partial charge in [0, 0.05) is 61.0 Å². The maximum absolute atomic E-state index is 13.0. The van der Waals surface area contributed by atoms with Crippen LogP contribution in [0.15, 0.2) is 36.7 Å². The van der Waals surface area contributed by atoms with Crippen molar-refractivity contribution in [3.63, 3.8) is 0 Å². The van der Waals surface area contributed by atoms with Crippen LogP contribution in [0.2, 0.25) is 0 Å². The number of alkyl halides is 3. The first-order chi connectivity index (χ1) is 17.5. The highest BCUT2D eigenvalue weighted by Gasteiger charge is 2.46. The van der Waals surface area contributed by atoms with Gasteiger partial charge in [-0.1, -0.05) is 0 Å². The molecule has 1 aliphatic carbocycles. The number of fused-ring (bicyclic) bond motifs is 2. The second kappa shape index (κ2) is 9.21. The highest BCUT2D eigenvalue weighted by molar-refractivity contribution is 6.03. The molecular weight excluding hydrogens is 491 g/mol. The Morgan fingerprint density at radius 2 is 1.95 bits per heavy atom. The molecule has 0 bridgehead atoms. The number of aromatic nitrogens is 3. The smallest absolute Gasteiger partial charge is 0.475 e. The number of amides is 2. The van der Waals surface area contributed by atoms with Gasteiger partial charge in [0.25, 0.3) is 0 Å². The molecule has 196 valence electrons. The third kappa shape index (κ3) is 5.17. The summed E-state index contributed by atoms with van der Waals surface area (Å²) in [5.74, 6) is -1.97. The summed E-state index contributed by atoms with van der Waals surface area (Å²) in [6.07, 6.45) is 1.97. The Labute approximate surface area is 210 Å². The fraction of sp³-hybridized carbons (Fsp3) is 0.417. The van der Waals surface area contributed by atoms with Gasteiger partial charge in [0.15, 0.2) is 0 Å². The SMILES string of the molecule is Cc1cc2cc(NC(=O)N3CCc4c(N5CCNC6(CC6)C5)ccnc43)ccn2n1.O=C(O)C(F)(F)F. The van der Waals surface area contributed by atoms with Crippen LogP contribution in [0, 0.1) is 6.92 Å². The molecule has 2 amide bonds. The lowest BCUT2D eigenvalue weighted by molar-refractivity contribution is -0.192. The largest absolute Gasteiger partial charge is 0.490 e. The molecule has 6 rings (SSSR count). The summed E-state index contributed by atoms with van der Waals surface area (Å²) in [6, 6.07) is 7.77. The summed E-state index contributed by atoms with van der Waals surface area (Å²) in [7, 11) is 0. The van der Waals surface area contributed by atoms with E-state index >= 15 is 0 Å². The van der Waals surface area contributed by atoms with Gasteiger partial charge in [-0.15, -0.1) is 0 Å². The van der Waals surface area contributed by atoms with Crippen molar-refractivity contribution in [1.29, 1.82) is 0 Å². The molecule has 1 spiro atoms. The number of carbonyl (C=O) groups is 2. The lowest BCUT2D eigenvalue weighted by Crippen LogP contribution is -2.52. The number of aliphatic carboxylic acids is 1. The van der Waals surface area contributed by atoms with Crippen molar-refractivity contribution in [2.75, 3.05) is 41.3 Å². The van der Waals surface area contributed by atoms with Crippen molar-refractivity contribution in [3.8, 4) is 0 Å². The van der Waals surface area contributed by atoms with Gasteiger partial charge in [-0.25, -0.2) is 19.1 Å². The van der Waals surface area contributed by atoms with E-state index in [1.165, 1.54) is 24.1 Å². The van der Waals surface area contributed by atoms with Crippen LogP contribution in [0.1, 0.15) is 24.1 Å². The first-order valence-corrected chi connectivity index (χ1v) is 11.9. The predicted octanol–water partition coefficient (Wildman–Crippen LogP) is 3.21. The van der Waals surface area contributed by atoms with Crippen molar-refractivity contribution < 1.29 is 27.9 Å². The quantitative estimate of drug-likeness (QED) is 0.478. The highest BCUT2D eigenvalue weighted by atomic mass is 19.4. The Bertz CT molecular complexity index is 1350. The lowest BCUT2D eigenvalue weighted by Gasteiger charge is -2.36. The zero-order chi connectivity index (χ0) is 26.4. The van der Waals surface area contributed by atoms with Crippen LogP contribution < -0.4 is 20.4 Å². The maximum Gasteiger partial charge on any atom is 0.490 e. The zero-order valence-electron chi connectivity index (χ0n) is 20.0. The Morgan fingerprint density at radius 1 is 1.19 bits per heavy atom. The highest BCUT2D eigenvalue weighted by Crippen LogP contribution is 2.41. The summed E-state index contributed by atoms with van der Waals surface area (Å²) in [4.78, 5) is 30.8. The molecule has 0 atom stereocenters. The van der Waals surface area contributed by atoms with Crippen LogP contribution in [0.4, 0.5) is 35.2 Å². The van der Waals surface area contributed by atoms with E-state index in [4.69, 9.17) is 9.90 Å². The number of carboxylic acid groups (broad SMARTS) is 1. The molecule has 0 aromatic carbocycles. The predicted molar refractivity (Wildman–Crippen MR) is 130 cm³/mol. The average molecular weight is 518 g/mol. The van der Waals surface area contributed by atoms with Crippen molar-refractivity contribution in [1.82, 2.24) is 19.9 Å². The number of urea groups is 1. The van der Waals surface area contributed by atoms with E-state index in [9.17, 15) is 18.0 Å². The molecule has 0 radical (unpaired) electrons. The third-order valence-electron chi connectivity index (χ3n) is 6.74. The topological polar surface area (TPSA) is 115 Å². The monoisotopic (exact) mass is 517 g/mol. The van der Waals surface area contributed by atoms with Crippen LogP contribution in [-0.2, 0) is 11.2 Å². The van der Waals surface area contributed by atoms with Crippen LogP contribution in [0.25, 0.3) is 5.52 Å². The van der Waals surface area contributed by atoms with Crippen LogP contribution in [-0.4, -0.2) is 69.6 Å². The van der Waals surface area contributed by atoms with Crippen LogP contribution in [0.5, 0.6) is 0 Å². The van der Waals surface area contributed by atoms with Gasteiger partial charge >= 0.3 is 18.2 Å². The number of nitrogens with one attached hydrogen (secondary N) is 2. The van der Waals surface area contributed by atoms with E-state index in [0.717, 1.165) is 48.8 Å². The van der Waals surface area contributed by atoms with Crippen molar-refractivity contribution in [3.05, 3.63) is 47.9 Å². The normalized spacial score (nSPS) is 17.8. The minimum Gasteiger partial charge on any atom is -0.475 e. The third-order valence-corrected chi connectivity index (χ3v) is 6.74. The van der Waals surface area contributed by atoms with E-state index in [-0.39, 0.29) is 6.03 Å². The van der Waals surface area contributed by atoms with Crippen LogP contribution in [0.3, 0.4) is 0 Å². The summed E-state index contributed by atoms with van der Waals surface area (Å²) < 4.78 is 33.5. The molecule has 10 nitrogen and oxygen atoms in total. The summed E-state index contributed by atoms with van der Waals surface area (Å²) >= 11 is 0. The van der Waals surface area contributed by atoms with Crippen LogP contribution >= 0.6 is 0 Å². The number of piperazine rings is 1. The number of pyridine rings is 2. The van der Waals surface area contributed by atoms with E-state index in [1.807, 2.05) is 42.0 Å². The van der Waals surface area contributed by atoms with Gasteiger partial charge in [-0.2, -0.15) is 18.3 Å². The number of hydrogen-bond acceptors (Lipinski definition) is 6. The van der Waals surface area contributed by atoms with Gasteiger partial charge < -0.3 is 20.6 Å². The molecule has 3 aromatic rings. The van der Waals surface area contributed by atoms with E-state index < -0.39 is 12.1 Å². The number of aryl methyl sites for hydroxylation is 1. The Morgan fingerprint density at radius 3 is 2.65 bits per heavy atom. The Balaban J connectivity index is 0.000000355. The first-order valence-electron chi connectivity index (χ1n) is 11.9. The van der Waals surface area contributed by atoms with E-state index in [0.29, 0.717) is 12.1 Å². The van der Waals surface area contributed by atoms with Crippen molar-refractivity contribution in [2.24, 2.45) is 0 Å². The molecule has 1 saturated heterocycles. The summed E-state index contributed by atoms with van der Waals surface area (Å²) in [5, 5.41) is 18.2. The second-order valence-electron chi connectivity index (χ2n) is 9.47.